The van der Waals surface area contributed by atoms with Crippen molar-refractivity contribution in [1.82, 2.24) is 4.90 Å². The Labute approximate surface area is 147 Å². The van der Waals surface area contributed by atoms with Gasteiger partial charge in [-0.2, -0.15) is 0 Å². The van der Waals surface area contributed by atoms with E-state index in [0.717, 1.165) is 4.90 Å². The summed E-state index contributed by atoms with van der Waals surface area (Å²) in [5, 5.41) is 8.83. The normalized spacial score (nSPS) is 11.4. The number of carboxylic acid groups (broad SMARTS) is 1. The quantitative estimate of drug-likeness (QED) is 0.680. The fourth-order valence-corrected chi connectivity index (χ4v) is 3.10. The molecule has 2 N–H and O–H groups in total. The van der Waals surface area contributed by atoms with Crippen LogP contribution in [0.1, 0.15) is 27.7 Å². The van der Waals surface area contributed by atoms with Gasteiger partial charge in [-0.3, -0.25) is 14.3 Å². The lowest BCUT2D eigenvalue weighted by atomic mass is 10.3. The minimum Gasteiger partial charge on any atom is -0.491 e. The highest BCUT2D eigenvalue weighted by Crippen LogP contribution is 2.18. The fourth-order valence-electron chi connectivity index (χ4n) is 2.04. The molecule has 0 unspecified atom stereocenters. The van der Waals surface area contributed by atoms with E-state index in [1.165, 1.54) is 12.1 Å². The van der Waals surface area contributed by atoms with Crippen LogP contribution in [0, 0.1) is 0 Å². The number of carboxylic acids is 1. The van der Waals surface area contributed by atoms with E-state index >= 15 is 0 Å². The number of rotatable bonds is 9. The van der Waals surface area contributed by atoms with Crippen LogP contribution in [0.2, 0.25) is 0 Å². The predicted molar refractivity (Wildman–Crippen MR) is 94.1 cm³/mol. The number of sulfonamides is 1. The molecule has 0 saturated carbocycles. The van der Waals surface area contributed by atoms with E-state index in [1.54, 1.807) is 26.0 Å². The van der Waals surface area contributed by atoms with Gasteiger partial charge in [-0.25, -0.2) is 8.42 Å². The summed E-state index contributed by atoms with van der Waals surface area (Å²) >= 11 is 0. The molecule has 0 aliphatic carbocycles. The monoisotopic (exact) mass is 372 g/mol. The standard InChI is InChI=1S/C16H24N2O6S/c1-11(2)18(9-16(20)21)15(19)10-25(22,23)17-13-5-7-14(8-6-13)24-12(3)4/h5-8,11-12,17H,9-10H2,1-4H3,(H,20,21). The highest BCUT2D eigenvalue weighted by Gasteiger charge is 2.25. The molecule has 0 heterocycles. The molecule has 0 bridgehead atoms. The molecule has 0 aliphatic rings. The predicted octanol–water partition coefficient (Wildman–Crippen LogP) is 1.54. The molecule has 0 aromatic heterocycles. The number of hydrogen-bond donors (Lipinski definition) is 2. The molecule has 1 amide bonds. The van der Waals surface area contributed by atoms with Gasteiger partial charge in [-0.1, -0.05) is 0 Å². The van der Waals surface area contributed by atoms with Crippen LogP contribution in [0.3, 0.4) is 0 Å². The van der Waals surface area contributed by atoms with Crippen molar-refractivity contribution in [3.05, 3.63) is 24.3 Å². The van der Waals surface area contributed by atoms with Gasteiger partial charge < -0.3 is 14.7 Å². The van der Waals surface area contributed by atoms with Crippen LogP contribution >= 0.6 is 0 Å². The molecule has 25 heavy (non-hydrogen) atoms. The van der Waals surface area contributed by atoms with Crippen LogP contribution in [0.15, 0.2) is 24.3 Å². The third-order valence-corrected chi connectivity index (χ3v) is 4.24. The van der Waals surface area contributed by atoms with E-state index in [0.29, 0.717) is 11.4 Å². The van der Waals surface area contributed by atoms with Gasteiger partial charge in [0.05, 0.1) is 6.10 Å². The summed E-state index contributed by atoms with van der Waals surface area (Å²) in [5.74, 6) is -2.21. The first-order valence-corrected chi connectivity index (χ1v) is 9.44. The molecule has 0 atom stereocenters. The van der Waals surface area contributed by atoms with Gasteiger partial charge in [-0.05, 0) is 52.0 Å². The van der Waals surface area contributed by atoms with Gasteiger partial charge >= 0.3 is 5.97 Å². The number of anilines is 1. The molecule has 9 heteroatoms. The average molecular weight is 372 g/mol. The number of aliphatic carboxylic acids is 1. The SMILES string of the molecule is CC(C)Oc1ccc(NS(=O)(=O)CC(=O)N(CC(=O)O)C(C)C)cc1. The maximum Gasteiger partial charge on any atom is 0.323 e. The van der Waals surface area contributed by atoms with Crippen LogP contribution < -0.4 is 9.46 Å². The Morgan fingerprint density at radius 2 is 1.72 bits per heavy atom. The van der Waals surface area contributed by atoms with E-state index in [9.17, 15) is 18.0 Å². The van der Waals surface area contributed by atoms with Crippen LogP contribution in [-0.4, -0.2) is 54.7 Å². The molecule has 0 aliphatic heterocycles. The number of hydrogen-bond acceptors (Lipinski definition) is 5. The van der Waals surface area contributed by atoms with Crippen molar-refractivity contribution in [2.75, 3.05) is 17.0 Å². The summed E-state index contributed by atoms with van der Waals surface area (Å²) in [6.45, 7) is 6.44. The molecule has 8 nitrogen and oxygen atoms in total. The Balaban J connectivity index is 2.77. The molecule has 0 radical (unpaired) electrons. The van der Waals surface area contributed by atoms with Gasteiger partial charge in [0.2, 0.25) is 15.9 Å². The van der Waals surface area contributed by atoms with Gasteiger partial charge in [0.25, 0.3) is 0 Å². The summed E-state index contributed by atoms with van der Waals surface area (Å²) in [6.07, 6.45) is -0.00332. The first-order chi connectivity index (χ1) is 11.5. The van der Waals surface area contributed by atoms with Crippen molar-refractivity contribution in [3.63, 3.8) is 0 Å². The third-order valence-electron chi connectivity index (χ3n) is 3.06. The van der Waals surface area contributed by atoms with E-state index < -0.39 is 40.2 Å². The third kappa shape index (κ3) is 7.42. The minimum atomic E-state index is -3.96. The number of carbonyl (C=O) groups is 2. The van der Waals surface area contributed by atoms with Crippen LogP contribution in [-0.2, 0) is 19.6 Å². The largest absolute Gasteiger partial charge is 0.491 e. The van der Waals surface area contributed by atoms with Crippen molar-refractivity contribution in [2.24, 2.45) is 0 Å². The first-order valence-electron chi connectivity index (χ1n) is 7.78. The highest BCUT2D eigenvalue weighted by atomic mass is 32.2. The maximum absolute atomic E-state index is 12.1. The Bertz CT molecular complexity index is 698. The van der Waals surface area contributed by atoms with Gasteiger partial charge in [0.1, 0.15) is 18.0 Å². The van der Waals surface area contributed by atoms with Crippen molar-refractivity contribution in [3.8, 4) is 5.75 Å². The fraction of sp³-hybridized carbons (Fsp3) is 0.500. The molecule has 0 fully saturated rings. The number of nitrogens with one attached hydrogen (secondary N) is 1. The van der Waals surface area contributed by atoms with Gasteiger partial charge in [0, 0.05) is 11.7 Å². The lowest BCUT2D eigenvalue weighted by molar-refractivity contribution is -0.144. The average Bonchev–Trinajstić information content (AvgIpc) is 2.44. The molecule has 140 valence electrons. The second-order valence-electron chi connectivity index (χ2n) is 6.06. The number of benzene rings is 1. The second kappa shape index (κ2) is 8.70. The minimum absolute atomic E-state index is 0.00332. The smallest absolute Gasteiger partial charge is 0.323 e. The summed E-state index contributed by atoms with van der Waals surface area (Å²) < 4.78 is 32.1. The van der Waals surface area contributed by atoms with E-state index in [2.05, 4.69) is 4.72 Å². The second-order valence-corrected chi connectivity index (χ2v) is 7.78. The molecule has 0 saturated heterocycles. The topological polar surface area (TPSA) is 113 Å². The highest BCUT2D eigenvalue weighted by molar-refractivity contribution is 7.93. The van der Waals surface area contributed by atoms with E-state index in [-0.39, 0.29) is 6.10 Å². The Hall–Kier alpha value is -2.29. The Kier molecular flexibility index (Phi) is 7.22. The van der Waals surface area contributed by atoms with Gasteiger partial charge in [-0.15, -0.1) is 0 Å². The number of carbonyl (C=O) groups excluding carboxylic acids is 1. The summed E-state index contributed by atoms with van der Waals surface area (Å²) in [5.41, 5.74) is 0.290. The number of ether oxygens (including phenoxy) is 1. The molecule has 1 aromatic carbocycles. The Morgan fingerprint density at radius 1 is 1.16 bits per heavy atom. The molecular formula is C16H24N2O6S. The number of amides is 1. The Morgan fingerprint density at radius 3 is 2.16 bits per heavy atom. The molecular weight excluding hydrogens is 348 g/mol. The zero-order chi connectivity index (χ0) is 19.2. The summed E-state index contributed by atoms with van der Waals surface area (Å²) in [4.78, 5) is 23.9. The van der Waals surface area contributed by atoms with Crippen LogP contribution in [0.5, 0.6) is 5.75 Å². The molecule has 1 rings (SSSR count). The van der Waals surface area contributed by atoms with Crippen LogP contribution in [0.25, 0.3) is 0 Å². The van der Waals surface area contributed by atoms with Crippen molar-refractivity contribution in [1.29, 1.82) is 0 Å². The number of nitrogens with zero attached hydrogens (tertiary/aromatic N) is 1. The first kappa shape index (κ1) is 20.8. The summed E-state index contributed by atoms with van der Waals surface area (Å²) in [6, 6.07) is 5.86. The van der Waals surface area contributed by atoms with Crippen LogP contribution in [0.4, 0.5) is 5.69 Å². The molecule has 0 spiro atoms. The zero-order valence-electron chi connectivity index (χ0n) is 14.7. The van der Waals surface area contributed by atoms with Gasteiger partial charge in [0.15, 0.2) is 0 Å². The lowest BCUT2D eigenvalue weighted by Gasteiger charge is -2.24. The van der Waals surface area contributed by atoms with Crippen molar-refractivity contribution >= 4 is 27.6 Å². The summed E-state index contributed by atoms with van der Waals surface area (Å²) in [7, 11) is -3.96. The zero-order valence-corrected chi connectivity index (χ0v) is 15.5. The van der Waals surface area contributed by atoms with E-state index in [1.807, 2.05) is 13.8 Å². The lowest BCUT2D eigenvalue weighted by Crippen LogP contribution is -2.44. The molecule has 1 aromatic rings. The van der Waals surface area contributed by atoms with Crippen molar-refractivity contribution in [2.45, 2.75) is 39.8 Å². The maximum atomic E-state index is 12.1. The van der Waals surface area contributed by atoms with Crippen molar-refractivity contribution < 1.29 is 27.9 Å². The van der Waals surface area contributed by atoms with E-state index in [4.69, 9.17) is 9.84 Å².